The number of ether oxygens (including phenoxy) is 1. The van der Waals surface area contributed by atoms with Crippen LogP contribution in [-0.2, 0) is 13.0 Å². The van der Waals surface area contributed by atoms with E-state index in [9.17, 15) is 4.79 Å². The van der Waals surface area contributed by atoms with E-state index in [0.29, 0.717) is 24.7 Å². The van der Waals surface area contributed by atoms with Crippen molar-refractivity contribution in [1.82, 2.24) is 19.6 Å². The molecule has 7 nitrogen and oxygen atoms in total. The number of anilines is 1. The second-order valence-electron chi connectivity index (χ2n) is 5.81. The number of H-pyrrole nitrogens is 1. The zero-order valence-corrected chi connectivity index (χ0v) is 14.0. The van der Waals surface area contributed by atoms with Gasteiger partial charge in [0, 0.05) is 18.3 Å². The first kappa shape index (κ1) is 16.0. The molecule has 0 aliphatic carbocycles. The molecule has 1 aromatic carbocycles. The number of hydrogen-bond acceptors (Lipinski definition) is 5. The number of aryl methyl sites for hydroxylation is 1. The molecule has 0 spiro atoms. The minimum absolute atomic E-state index is 0.156. The van der Waals surface area contributed by atoms with Gasteiger partial charge in [-0.3, -0.25) is 9.89 Å². The summed E-state index contributed by atoms with van der Waals surface area (Å²) >= 11 is 0. The summed E-state index contributed by atoms with van der Waals surface area (Å²) < 4.78 is 6.96. The lowest BCUT2D eigenvalue weighted by Crippen LogP contribution is -2.15. The summed E-state index contributed by atoms with van der Waals surface area (Å²) in [6, 6.07) is 9.38. The molecule has 3 rings (SSSR count). The van der Waals surface area contributed by atoms with Gasteiger partial charge in [-0.15, -0.1) is 0 Å². The van der Waals surface area contributed by atoms with Gasteiger partial charge < -0.3 is 10.1 Å². The standard InChI is InChI=1S/C17H21N5O2/c1-4-13-9-15(23)22-17(19-13)20-16(21-22)18-10-12-5-7-14(8-6-12)24-11(2)3/h5-9,11H,4,10H2,1-3H3,(H2,18,19,20,21). The third-order valence-electron chi connectivity index (χ3n) is 3.50. The van der Waals surface area contributed by atoms with Gasteiger partial charge in [0.2, 0.25) is 5.95 Å². The first-order chi connectivity index (χ1) is 11.5. The van der Waals surface area contributed by atoms with E-state index >= 15 is 0 Å². The van der Waals surface area contributed by atoms with Gasteiger partial charge in [0.15, 0.2) is 0 Å². The summed E-state index contributed by atoms with van der Waals surface area (Å²) in [6.07, 6.45) is 0.856. The summed E-state index contributed by atoms with van der Waals surface area (Å²) in [5, 5.41) is 6.09. The van der Waals surface area contributed by atoms with Gasteiger partial charge in [-0.05, 0) is 38.0 Å². The number of nitrogens with zero attached hydrogens (tertiary/aromatic N) is 3. The molecule has 0 aliphatic rings. The fourth-order valence-electron chi connectivity index (χ4n) is 2.33. The van der Waals surface area contributed by atoms with Crippen molar-refractivity contribution in [2.75, 3.05) is 5.32 Å². The van der Waals surface area contributed by atoms with Crippen molar-refractivity contribution in [3.8, 4) is 5.75 Å². The van der Waals surface area contributed by atoms with Crippen LogP contribution in [0.1, 0.15) is 32.0 Å². The quantitative estimate of drug-likeness (QED) is 0.726. The highest BCUT2D eigenvalue weighted by Crippen LogP contribution is 2.14. The molecule has 0 unspecified atom stereocenters. The SMILES string of the molecule is CCc1cc(=O)n2[nH]c(NCc3ccc(OC(C)C)cc3)nc2n1. The van der Waals surface area contributed by atoms with Crippen molar-refractivity contribution >= 4 is 11.7 Å². The molecule has 0 atom stereocenters. The number of nitrogens with one attached hydrogen (secondary N) is 2. The number of benzene rings is 1. The Morgan fingerprint density at radius 1 is 1.25 bits per heavy atom. The third-order valence-corrected chi connectivity index (χ3v) is 3.50. The number of rotatable bonds is 6. The summed E-state index contributed by atoms with van der Waals surface area (Å²) in [5.74, 6) is 1.73. The topological polar surface area (TPSA) is 84.3 Å². The Kier molecular flexibility index (Phi) is 4.50. The number of aromatic amines is 1. The normalized spacial score (nSPS) is 11.2. The average molecular weight is 327 g/mol. The van der Waals surface area contributed by atoms with Crippen LogP contribution in [0.25, 0.3) is 5.78 Å². The zero-order valence-electron chi connectivity index (χ0n) is 14.0. The first-order valence-electron chi connectivity index (χ1n) is 8.03. The van der Waals surface area contributed by atoms with Crippen molar-refractivity contribution in [3.05, 3.63) is 51.9 Å². The molecule has 24 heavy (non-hydrogen) atoms. The Morgan fingerprint density at radius 3 is 2.67 bits per heavy atom. The van der Waals surface area contributed by atoms with Gasteiger partial charge >= 0.3 is 0 Å². The molecule has 0 aliphatic heterocycles. The molecule has 7 heteroatoms. The summed E-state index contributed by atoms with van der Waals surface area (Å²) in [6.45, 7) is 6.53. The Labute approximate surface area is 139 Å². The van der Waals surface area contributed by atoms with E-state index in [1.54, 1.807) is 0 Å². The molecule has 2 aromatic heterocycles. The summed E-state index contributed by atoms with van der Waals surface area (Å²) in [4.78, 5) is 20.6. The molecule has 0 fully saturated rings. The summed E-state index contributed by atoms with van der Waals surface area (Å²) in [7, 11) is 0. The number of hydrogen-bond donors (Lipinski definition) is 2. The van der Waals surface area contributed by atoms with E-state index in [0.717, 1.165) is 17.0 Å². The Bertz CT molecular complexity index is 880. The van der Waals surface area contributed by atoms with Crippen LogP contribution in [0.5, 0.6) is 5.75 Å². The van der Waals surface area contributed by atoms with Gasteiger partial charge in [0.1, 0.15) is 5.75 Å². The van der Waals surface area contributed by atoms with Crippen molar-refractivity contribution in [2.45, 2.75) is 39.8 Å². The Morgan fingerprint density at radius 2 is 2.00 bits per heavy atom. The van der Waals surface area contributed by atoms with Crippen molar-refractivity contribution in [3.63, 3.8) is 0 Å². The van der Waals surface area contributed by atoms with E-state index in [1.165, 1.54) is 10.6 Å². The highest BCUT2D eigenvalue weighted by molar-refractivity contribution is 5.38. The van der Waals surface area contributed by atoms with Crippen LogP contribution in [0.2, 0.25) is 0 Å². The lowest BCUT2D eigenvalue weighted by molar-refractivity contribution is 0.242. The zero-order chi connectivity index (χ0) is 17.1. The molecule has 0 saturated heterocycles. The largest absolute Gasteiger partial charge is 0.491 e. The molecular weight excluding hydrogens is 306 g/mol. The van der Waals surface area contributed by atoms with Crippen LogP contribution in [0.15, 0.2) is 35.1 Å². The second kappa shape index (κ2) is 6.74. The fraction of sp³-hybridized carbons (Fsp3) is 0.353. The van der Waals surface area contributed by atoms with Gasteiger partial charge in [-0.25, -0.2) is 4.98 Å². The van der Waals surface area contributed by atoms with Crippen LogP contribution in [-0.4, -0.2) is 25.7 Å². The number of fused-ring (bicyclic) bond motifs is 1. The maximum atomic E-state index is 12.0. The molecule has 0 saturated carbocycles. The van der Waals surface area contributed by atoms with Gasteiger partial charge in [0.05, 0.1) is 6.10 Å². The van der Waals surface area contributed by atoms with Crippen LogP contribution < -0.4 is 15.6 Å². The first-order valence-corrected chi connectivity index (χ1v) is 8.03. The molecule has 3 aromatic rings. The highest BCUT2D eigenvalue weighted by atomic mass is 16.5. The predicted octanol–water partition coefficient (Wildman–Crippen LogP) is 2.38. The molecular formula is C17H21N5O2. The monoisotopic (exact) mass is 327 g/mol. The minimum Gasteiger partial charge on any atom is -0.491 e. The second-order valence-corrected chi connectivity index (χ2v) is 5.81. The Balaban J connectivity index is 1.71. The maximum absolute atomic E-state index is 12.0. The molecule has 2 N–H and O–H groups in total. The van der Waals surface area contributed by atoms with E-state index in [4.69, 9.17) is 4.74 Å². The van der Waals surface area contributed by atoms with Crippen molar-refractivity contribution in [1.29, 1.82) is 0 Å². The van der Waals surface area contributed by atoms with Gasteiger partial charge in [-0.1, -0.05) is 19.1 Å². The predicted molar refractivity (Wildman–Crippen MR) is 92.5 cm³/mol. The smallest absolute Gasteiger partial charge is 0.274 e. The van der Waals surface area contributed by atoms with Crippen LogP contribution in [0, 0.1) is 0 Å². The average Bonchev–Trinajstić information content (AvgIpc) is 2.97. The highest BCUT2D eigenvalue weighted by Gasteiger charge is 2.07. The van der Waals surface area contributed by atoms with E-state index in [2.05, 4.69) is 20.4 Å². The third kappa shape index (κ3) is 3.56. The van der Waals surface area contributed by atoms with Crippen LogP contribution in [0.4, 0.5) is 5.95 Å². The lowest BCUT2D eigenvalue weighted by atomic mass is 10.2. The number of aromatic nitrogens is 4. The summed E-state index contributed by atoms with van der Waals surface area (Å²) in [5.41, 5.74) is 1.66. The van der Waals surface area contributed by atoms with Gasteiger partial charge in [-0.2, -0.15) is 9.50 Å². The molecule has 2 heterocycles. The van der Waals surface area contributed by atoms with Crippen molar-refractivity contribution in [2.24, 2.45) is 0 Å². The Hall–Kier alpha value is -2.83. The maximum Gasteiger partial charge on any atom is 0.274 e. The fourth-order valence-corrected chi connectivity index (χ4v) is 2.33. The lowest BCUT2D eigenvalue weighted by Gasteiger charge is -2.10. The van der Waals surface area contributed by atoms with Crippen molar-refractivity contribution < 1.29 is 4.74 Å². The molecule has 0 radical (unpaired) electrons. The molecule has 0 amide bonds. The van der Waals surface area contributed by atoms with Crippen LogP contribution in [0.3, 0.4) is 0 Å². The van der Waals surface area contributed by atoms with E-state index < -0.39 is 0 Å². The van der Waals surface area contributed by atoms with Crippen LogP contribution >= 0.6 is 0 Å². The minimum atomic E-state index is -0.160. The molecule has 0 bridgehead atoms. The molecule has 126 valence electrons. The van der Waals surface area contributed by atoms with E-state index in [-0.39, 0.29) is 11.7 Å². The van der Waals surface area contributed by atoms with Gasteiger partial charge in [0.25, 0.3) is 11.3 Å². The van der Waals surface area contributed by atoms with E-state index in [1.807, 2.05) is 45.0 Å².